The van der Waals surface area contributed by atoms with Crippen molar-refractivity contribution in [3.63, 3.8) is 0 Å². The van der Waals surface area contributed by atoms with Crippen molar-refractivity contribution in [1.29, 1.82) is 0 Å². The number of aromatic nitrogens is 6. The number of terminal acetylenes is 1. The number of hydrogen-bond acceptors (Lipinski definition) is 12. The maximum atomic E-state index is 12.1. The van der Waals surface area contributed by atoms with Crippen LogP contribution >= 0.6 is 15.9 Å². The van der Waals surface area contributed by atoms with Crippen LogP contribution in [0.3, 0.4) is 0 Å². The summed E-state index contributed by atoms with van der Waals surface area (Å²) in [6.45, 7) is 5.67. The zero-order valence-electron chi connectivity index (χ0n) is 34.7. The molecule has 18 nitrogen and oxygen atoms in total. The van der Waals surface area contributed by atoms with E-state index in [1.165, 1.54) is 16.0 Å². The summed E-state index contributed by atoms with van der Waals surface area (Å²) in [4.78, 5) is 57.9. The minimum absolute atomic E-state index is 0.0935. The second-order valence-corrected chi connectivity index (χ2v) is 15.2. The van der Waals surface area contributed by atoms with E-state index in [1.807, 2.05) is 38.1 Å². The van der Waals surface area contributed by atoms with Crippen LogP contribution in [-0.2, 0) is 9.59 Å². The van der Waals surface area contributed by atoms with E-state index in [9.17, 15) is 29.4 Å². The van der Waals surface area contributed by atoms with E-state index in [2.05, 4.69) is 53.9 Å². The van der Waals surface area contributed by atoms with Gasteiger partial charge < -0.3 is 41.0 Å². The maximum Gasteiger partial charge on any atom is 0.269 e. The number of nitrogens with two attached hydrogens (primary N) is 2. The van der Waals surface area contributed by atoms with Crippen molar-refractivity contribution in [1.82, 2.24) is 39.3 Å². The lowest BCUT2D eigenvalue weighted by Crippen LogP contribution is -2.37. The Morgan fingerprint density at radius 3 is 1.67 bits per heavy atom. The van der Waals surface area contributed by atoms with E-state index >= 15 is 0 Å². The van der Waals surface area contributed by atoms with Crippen molar-refractivity contribution in [2.75, 3.05) is 40.4 Å². The van der Waals surface area contributed by atoms with Gasteiger partial charge in [-0.25, -0.2) is 19.3 Å². The number of likely N-dealkylation sites (tertiary alicyclic amines) is 2. The third-order valence-corrected chi connectivity index (χ3v) is 10.4. The van der Waals surface area contributed by atoms with Gasteiger partial charge in [0, 0.05) is 74.6 Å². The van der Waals surface area contributed by atoms with Gasteiger partial charge in [-0.05, 0) is 50.2 Å². The predicted octanol–water partition coefficient (Wildman–Crippen LogP) is 2.76. The van der Waals surface area contributed by atoms with E-state index < -0.39 is 28.9 Å². The second-order valence-electron chi connectivity index (χ2n) is 14.3. The molecule has 4 amide bonds. The quantitative estimate of drug-likeness (QED) is 0.161. The number of nitrogens with zero attached hydrogens (tertiary/aromatic N) is 8. The van der Waals surface area contributed by atoms with Gasteiger partial charge in [0.2, 0.25) is 23.0 Å². The number of primary amides is 2. The fourth-order valence-electron chi connectivity index (χ4n) is 6.65. The molecule has 2 saturated heterocycles. The molecule has 0 aliphatic carbocycles. The molecular formula is C44H43BrN10O8. The molecule has 19 heteroatoms. The fourth-order valence-corrected chi connectivity index (χ4v) is 7.04. The lowest BCUT2D eigenvalue weighted by molar-refractivity contribution is -0.138. The van der Waals surface area contributed by atoms with E-state index in [0.29, 0.717) is 77.5 Å². The number of halogens is 1. The number of amides is 4. The lowest BCUT2D eigenvalue weighted by atomic mass is 10.0. The first kappa shape index (κ1) is 45.2. The Labute approximate surface area is 369 Å². The van der Waals surface area contributed by atoms with Crippen molar-refractivity contribution >= 4 is 61.4 Å². The highest BCUT2D eigenvalue weighted by atomic mass is 79.9. The Hall–Kier alpha value is -7.32. The Morgan fingerprint density at radius 2 is 1.25 bits per heavy atom. The van der Waals surface area contributed by atoms with Crippen LogP contribution in [0.5, 0.6) is 11.8 Å². The van der Waals surface area contributed by atoms with Crippen LogP contribution in [0.1, 0.15) is 53.2 Å². The number of aliphatic hydroxyl groups is 2. The topological polar surface area (TPSA) is 247 Å². The minimum Gasteiger partial charge on any atom is -0.478 e. The average Bonchev–Trinajstić information content (AvgIpc) is 3.99. The SMILES string of the molecule is C#C[C@]1(O)CCN(C)C1=O.CCOc1cc2c(cn1)c(C(N)=O)nn2-c1cccc(Br)c1.CCOc1cc2c(cn1)c(C(N)=O)nn2-c1cccc(C#C[C@]2(O)CCN(C)C2=O)c1. The molecule has 6 aromatic rings. The van der Waals surface area contributed by atoms with Gasteiger partial charge in [0.1, 0.15) is 0 Å². The summed E-state index contributed by atoms with van der Waals surface area (Å²) < 4.78 is 15.0. The Morgan fingerprint density at radius 1 is 0.778 bits per heavy atom. The van der Waals surface area contributed by atoms with Gasteiger partial charge in [-0.3, -0.25) is 19.2 Å². The third-order valence-electron chi connectivity index (χ3n) is 9.95. The van der Waals surface area contributed by atoms with Gasteiger partial charge in [0.15, 0.2) is 11.4 Å². The first-order valence-electron chi connectivity index (χ1n) is 19.5. The smallest absolute Gasteiger partial charge is 0.269 e. The molecule has 324 valence electrons. The Balaban J connectivity index is 0.000000178. The summed E-state index contributed by atoms with van der Waals surface area (Å²) >= 11 is 3.43. The summed E-state index contributed by atoms with van der Waals surface area (Å²) in [7, 11) is 3.25. The maximum absolute atomic E-state index is 12.1. The molecule has 0 spiro atoms. The molecule has 0 bridgehead atoms. The lowest BCUT2D eigenvalue weighted by Gasteiger charge is -2.13. The minimum atomic E-state index is -1.68. The van der Waals surface area contributed by atoms with Crippen molar-refractivity contribution in [3.8, 4) is 47.3 Å². The molecule has 2 fully saturated rings. The predicted molar refractivity (Wildman–Crippen MR) is 235 cm³/mol. The zero-order valence-corrected chi connectivity index (χ0v) is 36.3. The zero-order chi connectivity index (χ0) is 45.6. The van der Waals surface area contributed by atoms with E-state index in [-0.39, 0.29) is 23.7 Å². The van der Waals surface area contributed by atoms with Gasteiger partial charge in [0.25, 0.3) is 23.6 Å². The molecular weight excluding hydrogens is 876 g/mol. The van der Waals surface area contributed by atoms with Crippen molar-refractivity contribution in [2.24, 2.45) is 11.5 Å². The normalized spacial score (nSPS) is 17.9. The van der Waals surface area contributed by atoms with E-state index in [0.717, 1.165) is 10.2 Å². The van der Waals surface area contributed by atoms with Crippen molar-refractivity contribution in [3.05, 3.63) is 94.5 Å². The average molecular weight is 920 g/mol. The number of pyridine rings is 2. The molecule has 6 N–H and O–H groups in total. The summed E-state index contributed by atoms with van der Waals surface area (Å²) in [5.41, 5.74) is 11.3. The Bertz CT molecular complexity index is 2860. The number of benzene rings is 2. The van der Waals surface area contributed by atoms with Crippen LogP contribution in [0, 0.1) is 24.2 Å². The van der Waals surface area contributed by atoms with E-state index in [4.69, 9.17) is 27.4 Å². The van der Waals surface area contributed by atoms with Crippen LogP contribution in [0.4, 0.5) is 0 Å². The highest BCUT2D eigenvalue weighted by Crippen LogP contribution is 2.28. The van der Waals surface area contributed by atoms with Crippen molar-refractivity contribution < 1.29 is 38.9 Å². The Kier molecular flexibility index (Phi) is 13.5. The number of likely N-dealkylation sites (N-methyl/N-ethyl adjacent to an activating group) is 2. The van der Waals surface area contributed by atoms with E-state index in [1.54, 1.807) is 66.1 Å². The molecule has 4 aromatic heterocycles. The molecule has 6 heterocycles. The van der Waals surface area contributed by atoms with Crippen LogP contribution in [0.2, 0.25) is 0 Å². The number of fused-ring (bicyclic) bond motifs is 2. The number of ether oxygens (including phenoxy) is 2. The second kappa shape index (κ2) is 18.7. The largest absolute Gasteiger partial charge is 0.478 e. The van der Waals surface area contributed by atoms with Crippen molar-refractivity contribution in [2.45, 2.75) is 37.9 Å². The van der Waals surface area contributed by atoms with Crippen LogP contribution in [0.15, 0.2) is 77.5 Å². The first-order valence-corrected chi connectivity index (χ1v) is 20.3. The standard InChI is InChI=1S/C22H21N5O4.C15H13BrN4O2.C7H9NO2/c1-3-31-18-12-17-16(13-24-18)19(20(23)28)25-27(17)15-6-4-5-14(11-15)7-8-22(30)9-10-26(2)21(22)29;1-2-22-13-7-12-11(8-18-13)14(15(17)21)19-20(12)10-5-3-4-9(16)6-10;1-3-7(10)4-5-8(2)6(7)9/h4-6,11-13,30H,3,9-10H2,1-2H3,(H2,23,28);3-8H,2H2,1H3,(H2,17,21);1,10H,4-5H2,2H3/t22-;;7-/m0.0/s1. The summed E-state index contributed by atoms with van der Waals surface area (Å²) in [5, 5.41) is 29.6. The molecule has 2 aliphatic heterocycles. The summed E-state index contributed by atoms with van der Waals surface area (Å²) in [6, 6.07) is 18.1. The third kappa shape index (κ3) is 9.61. The molecule has 63 heavy (non-hydrogen) atoms. The van der Waals surface area contributed by atoms with Crippen LogP contribution in [-0.4, -0.2) is 125 Å². The van der Waals surface area contributed by atoms with Crippen LogP contribution < -0.4 is 20.9 Å². The number of rotatable bonds is 8. The number of carbonyl (C=O) groups excluding carboxylic acids is 4. The molecule has 2 aliphatic rings. The number of hydrogen-bond donors (Lipinski definition) is 4. The van der Waals surface area contributed by atoms with Gasteiger partial charge >= 0.3 is 0 Å². The fraction of sp³-hybridized carbons (Fsp3) is 0.273. The molecule has 0 unspecified atom stereocenters. The summed E-state index contributed by atoms with van der Waals surface area (Å²) in [6.07, 6.45) is 8.64. The van der Waals surface area contributed by atoms with Gasteiger partial charge in [-0.2, -0.15) is 10.2 Å². The number of carbonyl (C=O) groups is 4. The van der Waals surface area contributed by atoms with Gasteiger partial charge in [-0.1, -0.05) is 45.8 Å². The molecule has 0 radical (unpaired) electrons. The molecule has 8 rings (SSSR count). The monoisotopic (exact) mass is 918 g/mol. The molecule has 2 aromatic carbocycles. The highest BCUT2D eigenvalue weighted by molar-refractivity contribution is 9.10. The molecule has 2 atom stereocenters. The van der Waals surface area contributed by atoms with Crippen LogP contribution in [0.25, 0.3) is 33.2 Å². The summed E-state index contributed by atoms with van der Waals surface area (Å²) in [5.74, 6) is 6.50. The first-order chi connectivity index (χ1) is 30.0. The molecule has 0 saturated carbocycles. The highest BCUT2D eigenvalue weighted by Gasteiger charge is 2.43. The van der Waals surface area contributed by atoms with Gasteiger partial charge in [-0.15, -0.1) is 6.42 Å². The van der Waals surface area contributed by atoms with Gasteiger partial charge in [0.05, 0.1) is 46.4 Å².